The molecule has 1 atom stereocenters. The Hall–Kier alpha value is -1.32. The van der Waals surface area contributed by atoms with Gasteiger partial charge in [-0.1, -0.05) is 38.9 Å². The van der Waals surface area contributed by atoms with Crippen LogP contribution in [0.25, 0.3) is 0 Å². The first kappa shape index (κ1) is 14.7. The third-order valence-electron chi connectivity index (χ3n) is 3.15. The summed E-state index contributed by atoms with van der Waals surface area (Å²) in [7, 11) is 0. The second-order valence-corrected chi connectivity index (χ2v) is 5.62. The van der Waals surface area contributed by atoms with Gasteiger partial charge in [0.2, 0.25) is 5.60 Å². The van der Waals surface area contributed by atoms with Gasteiger partial charge in [-0.05, 0) is 12.8 Å². The highest BCUT2D eigenvalue weighted by Crippen LogP contribution is 2.35. The molecule has 0 aromatic rings. The van der Waals surface area contributed by atoms with Gasteiger partial charge in [0.15, 0.2) is 0 Å². The van der Waals surface area contributed by atoms with Crippen molar-refractivity contribution in [2.45, 2.75) is 52.6 Å². The predicted octanol–water partition coefficient (Wildman–Crippen LogP) is 3.08. The summed E-state index contributed by atoms with van der Waals surface area (Å²) in [5, 5.41) is 4.08. The zero-order valence-electron chi connectivity index (χ0n) is 11.8. The lowest BCUT2D eigenvalue weighted by atomic mass is 9.82. The average molecular weight is 253 g/mol. The fourth-order valence-electron chi connectivity index (χ4n) is 1.69. The number of nitrogens with zero attached hydrogens (tertiary/aromatic N) is 1. The van der Waals surface area contributed by atoms with Crippen LogP contribution in [0.1, 0.15) is 47.0 Å². The molecule has 1 aliphatic rings. The number of carbonyl (C=O) groups excluding carboxylic acids is 1. The third-order valence-corrected chi connectivity index (χ3v) is 3.15. The van der Waals surface area contributed by atoms with Crippen LogP contribution in [0.2, 0.25) is 0 Å². The largest absolute Gasteiger partial charge is 0.462 e. The number of hydrogen-bond donors (Lipinski definition) is 0. The number of ether oxygens (including phenoxy) is 1. The highest BCUT2D eigenvalue weighted by atomic mass is 16.7. The SMILES string of the molecule is C=CCCOC(=O)C1(CC)CC(C(C)(C)C)=NO1. The maximum absolute atomic E-state index is 12.1. The number of oxime groups is 1. The van der Waals surface area contributed by atoms with E-state index in [1.807, 2.05) is 6.92 Å². The van der Waals surface area contributed by atoms with E-state index in [1.165, 1.54) is 0 Å². The maximum Gasteiger partial charge on any atom is 0.353 e. The Balaban J connectivity index is 2.68. The molecular formula is C14H23NO3. The molecule has 1 rings (SSSR count). The Morgan fingerprint density at radius 2 is 2.28 bits per heavy atom. The monoisotopic (exact) mass is 253 g/mol. The van der Waals surface area contributed by atoms with Crippen molar-refractivity contribution in [2.75, 3.05) is 6.61 Å². The maximum atomic E-state index is 12.1. The van der Waals surface area contributed by atoms with Gasteiger partial charge in [0.1, 0.15) is 0 Å². The minimum atomic E-state index is -0.927. The summed E-state index contributed by atoms with van der Waals surface area (Å²) in [4.78, 5) is 17.5. The van der Waals surface area contributed by atoms with Crippen molar-refractivity contribution in [3.63, 3.8) is 0 Å². The van der Waals surface area contributed by atoms with E-state index in [4.69, 9.17) is 9.57 Å². The quantitative estimate of drug-likeness (QED) is 0.430. The normalized spacial score (nSPS) is 23.2. The molecule has 0 aliphatic carbocycles. The third kappa shape index (κ3) is 3.12. The van der Waals surface area contributed by atoms with Gasteiger partial charge in [0.25, 0.3) is 0 Å². The zero-order chi connectivity index (χ0) is 13.8. The molecule has 0 N–H and O–H groups in total. The van der Waals surface area contributed by atoms with Gasteiger partial charge in [-0.3, -0.25) is 0 Å². The molecule has 0 amide bonds. The van der Waals surface area contributed by atoms with Gasteiger partial charge in [-0.25, -0.2) is 4.79 Å². The Bertz CT molecular complexity index is 355. The van der Waals surface area contributed by atoms with Crippen LogP contribution < -0.4 is 0 Å². The van der Waals surface area contributed by atoms with Crippen molar-refractivity contribution >= 4 is 11.7 Å². The minimum absolute atomic E-state index is 0.0850. The molecule has 0 aromatic carbocycles. The number of esters is 1. The summed E-state index contributed by atoms with van der Waals surface area (Å²) >= 11 is 0. The van der Waals surface area contributed by atoms with Crippen molar-refractivity contribution in [3.8, 4) is 0 Å². The highest BCUT2D eigenvalue weighted by molar-refractivity contribution is 5.96. The van der Waals surface area contributed by atoms with E-state index in [-0.39, 0.29) is 11.4 Å². The molecule has 0 radical (unpaired) electrons. The molecule has 18 heavy (non-hydrogen) atoms. The van der Waals surface area contributed by atoms with E-state index in [0.717, 1.165) is 5.71 Å². The number of hydrogen-bond acceptors (Lipinski definition) is 4. The molecule has 1 aliphatic heterocycles. The topological polar surface area (TPSA) is 47.9 Å². The van der Waals surface area contributed by atoms with Crippen LogP contribution in [0.5, 0.6) is 0 Å². The molecule has 0 bridgehead atoms. The lowest BCUT2D eigenvalue weighted by Crippen LogP contribution is -2.41. The summed E-state index contributed by atoms with van der Waals surface area (Å²) < 4.78 is 5.21. The molecule has 1 heterocycles. The van der Waals surface area contributed by atoms with Crippen LogP contribution >= 0.6 is 0 Å². The molecule has 0 spiro atoms. The molecule has 1 unspecified atom stereocenters. The zero-order valence-corrected chi connectivity index (χ0v) is 11.8. The van der Waals surface area contributed by atoms with E-state index in [9.17, 15) is 4.79 Å². The van der Waals surface area contributed by atoms with E-state index < -0.39 is 5.60 Å². The fourth-order valence-corrected chi connectivity index (χ4v) is 1.69. The Kier molecular flexibility index (Phi) is 4.54. The van der Waals surface area contributed by atoms with E-state index in [1.54, 1.807) is 6.08 Å². The smallest absolute Gasteiger partial charge is 0.353 e. The van der Waals surface area contributed by atoms with E-state index >= 15 is 0 Å². The fraction of sp³-hybridized carbons (Fsp3) is 0.714. The first-order chi connectivity index (χ1) is 8.35. The molecule has 0 aromatic heterocycles. The Labute approximate surface area is 109 Å². The van der Waals surface area contributed by atoms with Gasteiger partial charge < -0.3 is 9.57 Å². The van der Waals surface area contributed by atoms with Gasteiger partial charge in [0, 0.05) is 11.8 Å². The first-order valence-electron chi connectivity index (χ1n) is 6.39. The standard InChI is InChI=1S/C14H23NO3/c1-6-8-9-17-12(16)14(7-2)10-11(15-18-14)13(3,4)5/h6H,1,7-10H2,2-5H3. The van der Waals surface area contributed by atoms with Crippen molar-refractivity contribution in [2.24, 2.45) is 10.6 Å². The summed E-state index contributed by atoms with van der Waals surface area (Å²) in [5.41, 5.74) is -0.104. The van der Waals surface area contributed by atoms with Crippen LogP contribution in [-0.2, 0) is 14.4 Å². The average Bonchev–Trinajstić information content (AvgIpc) is 2.74. The minimum Gasteiger partial charge on any atom is -0.462 e. The molecule has 0 saturated heterocycles. The van der Waals surface area contributed by atoms with Gasteiger partial charge in [-0.15, -0.1) is 6.58 Å². The van der Waals surface area contributed by atoms with Crippen molar-refractivity contribution in [3.05, 3.63) is 12.7 Å². The van der Waals surface area contributed by atoms with Gasteiger partial charge >= 0.3 is 5.97 Å². The molecule has 4 heteroatoms. The predicted molar refractivity (Wildman–Crippen MR) is 71.4 cm³/mol. The van der Waals surface area contributed by atoms with Crippen LogP contribution in [0.3, 0.4) is 0 Å². The lowest BCUT2D eigenvalue weighted by Gasteiger charge is -2.24. The van der Waals surface area contributed by atoms with Crippen LogP contribution in [0.15, 0.2) is 17.8 Å². The Morgan fingerprint density at radius 3 is 2.72 bits per heavy atom. The van der Waals surface area contributed by atoms with E-state index in [2.05, 4.69) is 32.5 Å². The molecule has 0 fully saturated rings. The van der Waals surface area contributed by atoms with Gasteiger partial charge in [0.05, 0.1) is 12.3 Å². The summed E-state index contributed by atoms with van der Waals surface area (Å²) in [6, 6.07) is 0. The van der Waals surface area contributed by atoms with Crippen LogP contribution in [-0.4, -0.2) is 23.9 Å². The summed E-state index contributed by atoms with van der Waals surface area (Å²) in [6.07, 6.45) is 3.44. The number of rotatable bonds is 5. The van der Waals surface area contributed by atoms with Crippen LogP contribution in [0.4, 0.5) is 0 Å². The van der Waals surface area contributed by atoms with Gasteiger partial charge in [-0.2, -0.15) is 0 Å². The van der Waals surface area contributed by atoms with Crippen molar-refractivity contribution in [1.29, 1.82) is 0 Å². The van der Waals surface area contributed by atoms with Crippen molar-refractivity contribution in [1.82, 2.24) is 0 Å². The summed E-state index contributed by atoms with van der Waals surface area (Å²) in [6.45, 7) is 12.0. The molecule has 4 nitrogen and oxygen atoms in total. The number of carbonyl (C=O) groups is 1. The molecule has 102 valence electrons. The Morgan fingerprint density at radius 1 is 1.61 bits per heavy atom. The first-order valence-corrected chi connectivity index (χ1v) is 6.39. The van der Waals surface area contributed by atoms with Crippen molar-refractivity contribution < 1.29 is 14.4 Å². The molecular weight excluding hydrogens is 230 g/mol. The second-order valence-electron chi connectivity index (χ2n) is 5.62. The molecule has 0 saturated carbocycles. The summed E-state index contributed by atoms with van der Waals surface area (Å²) in [5.74, 6) is -0.324. The lowest BCUT2D eigenvalue weighted by molar-refractivity contribution is -0.169. The highest BCUT2D eigenvalue weighted by Gasteiger charge is 2.48. The van der Waals surface area contributed by atoms with E-state index in [0.29, 0.717) is 25.9 Å². The second kappa shape index (κ2) is 5.55. The van der Waals surface area contributed by atoms with Crippen LogP contribution in [0, 0.1) is 5.41 Å².